The molecule has 0 aliphatic carbocycles. The molecule has 0 radical (unpaired) electrons. The molecule has 42 heavy (non-hydrogen) atoms. The molecule has 0 aromatic heterocycles. The van der Waals surface area contributed by atoms with Crippen LogP contribution in [0.2, 0.25) is 0 Å². The van der Waals surface area contributed by atoms with Crippen molar-refractivity contribution in [1.29, 1.82) is 0 Å². The van der Waals surface area contributed by atoms with Crippen LogP contribution in [0, 0.1) is 20.8 Å². The van der Waals surface area contributed by atoms with Crippen molar-refractivity contribution in [2.24, 2.45) is 0 Å². The monoisotopic (exact) mass is 556 g/mol. The van der Waals surface area contributed by atoms with Gasteiger partial charge in [0, 0.05) is 22.3 Å². The molecule has 4 rings (SSSR count). The van der Waals surface area contributed by atoms with Crippen LogP contribution in [-0.2, 0) is 0 Å². The van der Waals surface area contributed by atoms with Crippen LogP contribution in [0.15, 0.2) is 121 Å². The molecule has 0 amide bonds. The first-order valence-electron chi connectivity index (χ1n) is 14.7. The molecule has 0 aliphatic heterocycles. The number of hydrogen-bond donors (Lipinski definition) is 0. The van der Waals surface area contributed by atoms with Crippen LogP contribution in [0.25, 0.3) is 22.3 Å². The molecule has 0 saturated heterocycles. The number of hydrogen-bond acceptors (Lipinski definition) is 2. The summed E-state index contributed by atoms with van der Waals surface area (Å²) in [5.41, 5.74) is 10.1. The van der Waals surface area contributed by atoms with Crippen LogP contribution in [-0.4, -0.2) is 11.6 Å². The lowest BCUT2D eigenvalue weighted by Crippen LogP contribution is -2.06. The maximum absolute atomic E-state index is 13.4. The third-order valence-electron chi connectivity index (χ3n) is 7.06. The molecule has 216 valence electrons. The lowest BCUT2D eigenvalue weighted by molar-refractivity contribution is 0.102. The van der Waals surface area contributed by atoms with Gasteiger partial charge in [-0.2, -0.15) is 0 Å². The number of carbonyl (C=O) groups is 2. The Morgan fingerprint density at radius 1 is 0.548 bits per heavy atom. The van der Waals surface area contributed by atoms with Gasteiger partial charge in [0.15, 0.2) is 11.6 Å². The van der Waals surface area contributed by atoms with Gasteiger partial charge in [-0.15, -0.1) is 0 Å². The van der Waals surface area contributed by atoms with Crippen molar-refractivity contribution in [3.8, 4) is 22.3 Å². The molecule has 0 saturated carbocycles. The number of Topliss-reactive ketones (excluding diaryl/α,β-unsaturated/α-hetero) is 1. The molecule has 0 bridgehead atoms. The number of rotatable bonds is 8. The molecule has 4 aromatic rings. The summed E-state index contributed by atoms with van der Waals surface area (Å²) in [7, 11) is 0. The maximum atomic E-state index is 13.4. The molecule has 0 aliphatic rings. The van der Waals surface area contributed by atoms with E-state index in [-0.39, 0.29) is 11.6 Å². The predicted octanol–water partition coefficient (Wildman–Crippen LogP) is 11.1. The zero-order valence-corrected chi connectivity index (χ0v) is 26.5. The van der Waals surface area contributed by atoms with Gasteiger partial charge in [-0.3, -0.25) is 9.59 Å². The summed E-state index contributed by atoms with van der Waals surface area (Å²) in [6, 6.07) is 27.9. The second kappa shape index (κ2) is 16.0. The Balaban J connectivity index is 0.00000148. The molecule has 0 unspecified atom stereocenters. The quantitative estimate of drug-likeness (QED) is 0.123. The normalized spacial score (nSPS) is 10.7. The van der Waals surface area contributed by atoms with E-state index >= 15 is 0 Å². The van der Waals surface area contributed by atoms with Crippen molar-refractivity contribution in [3.05, 3.63) is 155 Å². The number of benzene rings is 4. The first-order valence-corrected chi connectivity index (χ1v) is 14.7. The van der Waals surface area contributed by atoms with Crippen LogP contribution < -0.4 is 0 Å². The maximum Gasteiger partial charge on any atom is 0.193 e. The van der Waals surface area contributed by atoms with Crippen molar-refractivity contribution >= 4 is 11.6 Å². The van der Waals surface area contributed by atoms with Crippen LogP contribution >= 0.6 is 0 Å². The predicted molar refractivity (Wildman–Crippen MR) is 182 cm³/mol. The number of carbonyl (C=O) groups excluding carboxylic acids is 2. The van der Waals surface area contributed by atoms with Crippen LogP contribution in [0.1, 0.15) is 77.6 Å². The molecule has 4 aromatic carbocycles. The summed E-state index contributed by atoms with van der Waals surface area (Å²) in [4.78, 5) is 26.7. The Morgan fingerprint density at radius 2 is 1.02 bits per heavy atom. The fraction of sp³-hybridized carbons (Fsp3) is 0.200. The first kappa shape index (κ1) is 33.6. The lowest BCUT2D eigenvalue weighted by Gasteiger charge is -2.13. The highest BCUT2D eigenvalue weighted by atomic mass is 16.1. The summed E-state index contributed by atoms with van der Waals surface area (Å²) in [6.07, 6.45) is 3.27. The summed E-state index contributed by atoms with van der Waals surface area (Å²) in [5, 5.41) is 0. The van der Waals surface area contributed by atoms with E-state index in [1.807, 2.05) is 134 Å². The minimum absolute atomic E-state index is 0.0289. The molecule has 0 atom stereocenters. The third-order valence-corrected chi connectivity index (χ3v) is 7.06. The number of ketones is 2. The number of allylic oxidation sites excluding steroid dienone is 4. The van der Waals surface area contributed by atoms with Crippen molar-refractivity contribution in [2.75, 3.05) is 0 Å². The highest BCUT2D eigenvalue weighted by molar-refractivity contribution is 6.13. The van der Waals surface area contributed by atoms with Crippen molar-refractivity contribution in [2.45, 2.75) is 55.4 Å². The molecule has 0 N–H and O–H groups in total. The summed E-state index contributed by atoms with van der Waals surface area (Å²) in [6.45, 7) is 23.4. The van der Waals surface area contributed by atoms with Gasteiger partial charge in [0.05, 0.1) is 0 Å². The topological polar surface area (TPSA) is 34.1 Å². The summed E-state index contributed by atoms with van der Waals surface area (Å²) in [5.74, 6) is -0.0352. The van der Waals surface area contributed by atoms with Gasteiger partial charge in [-0.25, -0.2) is 0 Å². The van der Waals surface area contributed by atoms with E-state index in [0.29, 0.717) is 16.7 Å². The van der Waals surface area contributed by atoms with E-state index in [2.05, 4.69) is 19.2 Å². The molecule has 2 heteroatoms. The SMILES string of the molecule is C=C/C(C)=C(\C=C)C(=O)c1cc(-c2cccc(-c3ccc(C)c(C(=O)c4ccccc4C)c3)c2)ccc1C.CC.CC. The second-order valence-corrected chi connectivity index (χ2v) is 9.62. The molecule has 0 fully saturated rings. The minimum Gasteiger partial charge on any atom is -0.289 e. The zero-order chi connectivity index (χ0) is 31.4. The van der Waals surface area contributed by atoms with E-state index in [1.165, 1.54) is 0 Å². The molecule has 2 nitrogen and oxygen atoms in total. The van der Waals surface area contributed by atoms with E-state index < -0.39 is 0 Å². The lowest BCUT2D eigenvalue weighted by atomic mass is 9.90. The Kier molecular flexibility index (Phi) is 12.8. The molecule has 0 heterocycles. The third kappa shape index (κ3) is 7.59. The van der Waals surface area contributed by atoms with Crippen molar-refractivity contribution < 1.29 is 9.59 Å². The highest BCUT2D eigenvalue weighted by Crippen LogP contribution is 2.30. The van der Waals surface area contributed by atoms with Gasteiger partial charge in [0.1, 0.15) is 0 Å². The van der Waals surface area contributed by atoms with Gasteiger partial charge in [-0.05, 0) is 90.4 Å². The van der Waals surface area contributed by atoms with E-state index in [9.17, 15) is 9.59 Å². The van der Waals surface area contributed by atoms with Gasteiger partial charge >= 0.3 is 0 Å². The first-order chi connectivity index (χ1) is 20.2. The molecule has 0 spiro atoms. The van der Waals surface area contributed by atoms with E-state index in [1.54, 1.807) is 12.2 Å². The fourth-order valence-corrected chi connectivity index (χ4v) is 4.63. The average Bonchev–Trinajstić information content (AvgIpc) is 3.03. The molecular weight excluding hydrogens is 512 g/mol. The molecular formula is C40H44O2. The Bertz CT molecular complexity index is 1610. The van der Waals surface area contributed by atoms with Crippen molar-refractivity contribution in [1.82, 2.24) is 0 Å². The average molecular weight is 557 g/mol. The number of aryl methyl sites for hydroxylation is 3. The van der Waals surface area contributed by atoms with Crippen molar-refractivity contribution in [3.63, 3.8) is 0 Å². The van der Waals surface area contributed by atoms with Gasteiger partial charge in [-0.1, -0.05) is 120 Å². The summed E-state index contributed by atoms with van der Waals surface area (Å²) >= 11 is 0. The Hall–Kier alpha value is -4.56. The van der Waals surface area contributed by atoms with Crippen LogP contribution in [0.5, 0.6) is 0 Å². The summed E-state index contributed by atoms with van der Waals surface area (Å²) < 4.78 is 0. The Morgan fingerprint density at radius 3 is 1.55 bits per heavy atom. The standard InChI is InChI=1S/C36H32O2.2C2H6/c1-7-23(3)31(8-2)35(37)33-21-29(18-16-25(33)5)27-13-11-14-28(20-27)30-19-17-26(6)34(22-30)36(38)32-15-10-9-12-24(32)4;2*1-2/h7-22H,1-2H2,3-6H3;2*1-2H3/b31-23+;;. The van der Waals surface area contributed by atoms with Gasteiger partial charge in [0.2, 0.25) is 0 Å². The zero-order valence-electron chi connectivity index (χ0n) is 26.5. The van der Waals surface area contributed by atoms with E-state index in [4.69, 9.17) is 0 Å². The van der Waals surface area contributed by atoms with E-state index in [0.717, 1.165) is 50.1 Å². The fourth-order valence-electron chi connectivity index (χ4n) is 4.63. The minimum atomic E-state index is -0.0641. The van der Waals surface area contributed by atoms with Gasteiger partial charge in [0.25, 0.3) is 0 Å². The smallest absolute Gasteiger partial charge is 0.193 e. The van der Waals surface area contributed by atoms with Gasteiger partial charge < -0.3 is 0 Å². The Labute approximate surface area is 253 Å². The largest absolute Gasteiger partial charge is 0.289 e. The van der Waals surface area contributed by atoms with Crippen LogP contribution in [0.3, 0.4) is 0 Å². The second-order valence-electron chi connectivity index (χ2n) is 9.62. The highest BCUT2D eigenvalue weighted by Gasteiger charge is 2.17. The van der Waals surface area contributed by atoms with Crippen LogP contribution in [0.4, 0.5) is 0 Å².